The molecule has 4 saturated carbocycles. The molecule has 21 heavy (non-hydrogen) atoms. The Balaban J connectivity index is 1.38. The standard InChI is InChI=1S/C17H29N3O/c1-12-10-18-2-3-20(12)11-16(21)19-17-7-13-4-14(8-17)6-15(5-13)9-17/h12-15,18H,2-11H2,1H3,(H,19,21)/t12-,13?,14?,15?,17?/m0/s1. The zero-order valence-electron chi connectivity index (χ0n) is 13.2. The van der Waals surface area contributed by atoms with Gasteiger partial charge in [-0.05, 0) is 63.2 Å². The molecule has 0 unspecified atom stereocenters. The summed E-state index contributed by atoms with van der Waals surface area (Å²) in [7, 11) is 0. The Bertz CT molecular complexity index is 387. The van der Waals surface area contributed by atoms with E-state index in [0.29, 0.717) is 12.6 Å². The Kier molecular flexibility index (Phi) is 3.49. The van der Waals surface area contributed by atoms with Gasteiger partial charge in [0.05, 0.1) is 6.54 Å². The molecule has 1 atom stereocenters. The maximum absolute atomic E-state index is 12.6. The number of nitrogens with zero attached hydrogens (tertiary/aromatic N) is 1. The summed E-state index contributed by atoms with van der Waals surface area (Å²) in [6, 6.07) is 0.473. The van der Waals surface area contributed by atoms with Gasteiger partial charge in [-0.15, -0.1) is 0 Å². The number of hydrogen-bond acceptors (Lipinski definition) is 3. The molecule has 1 saturated heterocycles. The molecule has 1 amide bonds. The predicted molar refractivity (Wildman–Crippen MR) is 83.0 cm³/mol. The van der Waals surface area contributed by atoms with Crippen LogP contribution in [0.15, 0.2) is 0 Å². The van der Waals surface area contributed by atoms with Crippen molar-refractivity contribution in [1.29, 1.82) is 0 Å². The van der Waals surface area contributed by atoms with Crippen LogP contribution >= 0.6 is 0 Å². The summed E-state index contributed by atoms with van der Waals surface area (Å²) in [6.07, 6.45) is 8.06. The van der Waals surface area contributed by atoms with Gasteiger partial charge in [0.2, 0.25) is 5.91 Å². The van der Waals surface area contributed by atoms with Gasteiger partial charge < -0.3 is 10.6 Å². The highest BCUT2D eigenvalue weighted by Gasteiger charge is 2.51. The smallest absolute Gasteiger partial charge is 0.234 e. The summed E-state index contributed by atoms with van der Waals surface area (Å²) in [5.41, 5.74) is 0.170. The van der Waals surface area contributed by atoms with Crippen molar-refractivity contribution in [3.05, 3.63) is 0 Å². The molecule has 0 spiro atoms. The molecule has 118 valence electrons. The van der Waals surface area contributed by atoms with Gasteiger partial charge in [0.25, 0.3) is 0 Å². The Labute approximate surface area is 128 Å². The number of carbonyl (C=O) groups is 1. The monoisotopic (exact) mass is 291 g/mol. The maximum atomic E-state index is 12.6. The molecular weight excluding hydrogens is 262 g/mol. The minimum atomic E-state index is 0.170. The van der Waals surface area contributed by atoms with Crippen LogP contribution in [0.25, 0.3) is 0 Å². The molecule has 1 heterocycles. The molecule has 0 aromatic carbocycles. The van der Waals surface area contributed by atoms with Crippen molar-refractivity contribution in [2.24, 2.45) is 17.8 Å². The van der Waals surface area contributed by atoms with E-state index < -0.39 is 0 Å². The average molecular weight is 291 g/mol. The summed E-state index contributed by atoms with van der Waals surface area (Å²) in [5, 5.41) is 6.88. The summed E-state index contributed by atoms with van der Waals surface area (Å²) in [4.78, 5) is 14.9. The van der Waals surface area contributed by atoms with Crippen molar-refractivity contribution in [1.82, 2.24) is 15.5 Å². The van der Waals surface area contributed by atoms with Crippen molar-refractivity contribution in [2.45, 2.75) is 57.0 Å². The first-order chi connectivity index (χ1) is 10.1. The molecule has 0 aromatic rings. The van der Waals surface area contributed by atoms with Crippen molar-refractivity contribution in [3.8, 4) is 0 Å². The quantitative estimate of drug-likeness (QED) is 0.825. The van der Waals surface area contributed by atoms with Crippen LogP contribution in [0, 0.1) is 17.8 Å². The molecule has 0 radical (unpaired) electrons. The minimum Gasteiger partial charge on any atom is -0.350 e. The number of rotatable bonds is 3. The number of hydrogen-bond donors (Lipinski definition) is 2. The van der Waals surface area contributed by atoms with Crippen LogP contribution in [-0.2, 0) is 4.79 Å². The van der Waals surface area contributed by atoms with E-state index in [4.69, 9.17) is 0 Å². The van der Waals surface area contributed by atoms with Crippen LogP contribution in [0.5, 0.6) is 0 Å². The number of carbonyl (C=O) groups excluding carboxylic acids is 1. The lowest BCUT2D eigenvalue weighted by Crippen LogP contribution is -2.62. The molecule has 5 aliphatic rings. The van der Waals surface area contributed by atoms with Crippen LogP contribution in [-0.4, -0.2) is 48.6 Å². The van der Waals surface area contributed by atoms with Crippen LogP contribution in [0.3, 0.4) is 0 Å². The van der Waals surface area contributed by atoms with Crippen LogP contribution in [0.2, 0.25) is 0 Å². The molecule has 4 bridgehead atoms. The fourth-order valence-electron chi connectivity index (χ4n) is 5.90. The number of amides is 1. The predicted octanol–water partition coefficient (Wildman–Crippen LogP) is 1.37. The SMILES string of the molecule is C[C@H]1CNCCN1CC(=O)NC12CC3CC(CC(C3)C1)C2. The van der Waals surface area contributed by atoms with E-state index in [1.165, 1.54) is 38.5 Å². The summed E-state index contributed by atoms with van der Waals surface area (Å²) < 4.78 is 0. The molecule has 5 fully saturated rings. The fourth-order valence-corrected chi connectivity index (χ4v) is 5.90. The second kappa shape index (κ2) is 5.24. The number of nitrogens with one attached hydrogen (secondary N) is 2. The van der Waals surface area contributed by atoms with Gasteiger partial charge in [-0.1, -0.05) is 0 Å². The van der Waals surface area contributed by atoms with E-state index in [-0.39, 0.29) is 11.4 Å². The van der Waals surface area contributed by atoms with E-state index in [0.717, 1.165) is 37.4 Å². The van der Waals surface area contributed by atoms with Crippen LogP contribution in [0.1, 0.15) is 45.4 Å². The molecule has 4 aliphatic carbocycles. The van der Waals surface area contributed by atoms with Gasteiger partial charge >= 0.3 is 0 Å². The molecule has 5 rings (SSSR count). The number of piperazine rings is 1. The van der Waals surface area contributed by atoms with E-state index >= 15 is 0 Å². The zero-order valence-corrected chi connectivity index (χ0v) is 13.2. The lowest BCUT2D eigenvalue weighted by Gasteiger charge is -2.57. The van der Waals surface area contributed by atoms with Gasteiger partial charge in [0.15, 0.2) is 0 Å². The van der Waals surface area contributed by atoms with Crippen molar-refractivity contribution < 1.29 is 4.79 Å². The Hall–Kier alpha value is -0.610. The van der Waals surface area contributed by atoms with Crippen molar-refractivity contribution >= 4 is 5.91 Å². The third kappa shape index (κ3) is 2.72. The van der Waals surface area contributed by atoms with Crippen LogP contribution < -0.4 is 10.6 Å². The highest BCUT2D eigenvalue weighted by Crippen LogP contribution is 2.55. The third-order valence-electron chi connectivity index (χ3n) is 6.43. The lowest BCUT2D eigenvalue weighted by atomic mass is 9.53. The average Bonchev–Trinajstić information content (AvgIpc) is 2.39. The Morgan fingerprint density at radius 3 is 2.38 bits per heavy atom. The van der Waals surface area contributed by atoms with Gasteiger partial charge in [0, 0.05) is 31.2 Å². The first kappa shape index (κ1) is 14.0. The summed E-state index contributed by atoms with van der Waals surface area (Å²) in [5.74, 6) is 2.96. The van der Waals surface area contributed by atoms with Gasteiger partial charge in [0.1, 0.15) is 0 Å². The Morgan fingerprint density at radius 2 is 1.81 bits per heavy atom. The highest BCUT2D eigenvalue weighted by molar-refractivity contribution is 5.79. The van der Waals surface area contributed by atoms with E-state index in [9.17, 15) is 4.79 Å². The van der Waals surface area contributed by atoms with Crippen LogP contribution in [0.4, 0.5) is 0 Å². The molecule has 0 aromatic heterocycles. The third-order valence-corrected chi connectivity index (χ3v) is 6.43. The Morgan fingerprint density at radius 1 is 1.19 bits per heavy atom. The molecule has 4 heteroatoms. The molecular formula is C17H29N3O. The van der Waals surface area contributed by atoms with Gasteiger partial charge in [-0.2, -0.15) is 0 Å². The van der Waals surface area contributed by atoms with Gasteiger partial charge in [-0.25, -0.2) is 0 Å². The lowest BCUT2D eigenvalue weighted by molar-refractivity contribution is -0.128. The first-order valence-electron chi connectivity index (χ1n) is 8.88. The topological polar surface area (TPSA) is 44.4 Å². The largest absolute Gasteiger partial charge is 0.350 e. The second-order valence-corrected chi connectivity index (χ2v) is 8.27. The first-order valence-corrected chi connectivity index (χ1v) is 8.88. The normalized spacial score (nSPS) is 45.8. The molecule has 2 N–H and O–H groups in total. The summed E-state index contributed by atoms with van der Waals surface area (Å²) >= 11 is 0. The van der Waals surface area contributed by atoms with E-state index in [2.05, 4.69) is 22.5 Å². The van der Waals surface area contributed by atoms with Crippen molar-refractivity contribution in [2.75, 3.05) is 26.2 Å². The summed E-state index contributed by atoms with van der Waals surface area (Å²) in [6.45, 7) is 5.81. The van der Waals surface area contributed by atoms with Gasteiger partial charge in [-0.3, -0.25) is 9.69 Å². The fraction of sp³-hybridized carbons (Fsp3) is 0.941. The minimum absolute atomic E-state index is 0.170. The molecule has 1 aliphatic heterocycles. The maximum Gasteiger partial charge on any atom is 0.234 e. The zero-order chi connectivity index (χ0) is 14.4. The van der Waals surface area contributed by atoms with E-state index in [1.807, 2.05) is 0 Å². The van der Waals surface area contributed by atoms with Crippen molar-refractivity contribution in [3.63, 3.8) is 0 Å². The highest BCUT2D eigenvalue weighted by atomic mass is 16.2. The second-order valence-electron chi connectivity index (χ2n) is 8.27. The molecule has 4 nitrogen and oxygen atoms in total. The van der Waals surface area contributed by atoms with E-state index in [1.54, 1.807) is 0 Å².